The van der Waals surface area contributed by atoms with Gasteiger partial charge in [-0.25, -0.2) is 19.4 Å². The molecular weight excluding hydrogens is 1080 g/mol. The first kappa shape index (κ1) is 60.1. The normalized spacial score (nSPS) is 13.9. The minimum absolute atomic E-state index is 0.0444. The van der Waals surface area contributed by atoms with Crippen LogP contribution < -0.4 is 41.5 Å². The lowest BCUT2D eigenvalue weighted by Crippen LogP contribution is -2.54. The summed E-state index contributed by atoms with van der Waals surface area (Å²) in [6, 6.07) is 36.9. The Bertz CT molecular complexity index is 3310. The Balaban J connectivity index is 0.807. The van der Waals surface area contributed by atoms with Crippen LogP contribution in [0.2, 0.25) is 0 Å². The predicted octanol–water partition coefficient (Wildman–Crippen LogP) is 10.8. The van der Waals surface area contributed by atoms with E-state index in [1.54, 1.807) is 62.3 Å². The predicted molar refractivity (Wildman–Crippen MR) is 323 cm³/mol. The summed E-state index contributed by atoms with van der Waals surface area (Å²) >= 11 is 6.49. The molecule has 3 unspecified atom stereocenters. The topological polar surface area (TPSA) is 235 Å². The standard InChI is InChI=1S/C64H69ClN8O10/c1-40(2)59(72-56(74)22-6-5-13-33-68-63(79)83-39-52-48-17-9-7-15-46(48)47-16-8-10-18-49(47)52)61(77)70-53(21-14-34-67-62(78)66-3)60(76)69-44-28-23-42(24-29-44)38-82-64(80)71-54-35-55-58(51-20-12-11-19-50(51)54)43(36-65)37-73(55)57(75)32-27-41-25-30-45(81-4)31-26-41/h7-12,15-20,23-32,35,40,43,52-53,59H,3,5-6,13-14,21-22,33-34,36-39H2,1-2,4H3,(H,67,78)(H,68,79)(H,69,76)(H,70,77)(H,71,80)(H,72,74)/b32-27+. The highest BCUT2D eigenvalue weighted by Crippen LogP contribution is 2.46. The Morgan fingerprint density at radius 3 is 2.08 bits per heavy atom. The van der Waals surface area contributed by atoms with Crippen LogP contribution in [0.4, 0.5) is 31.4 Å². The van der Waals surface area contributed by atoms with Crippen molar-refractivity contribution in [2.24, 2.45) is 10.9 Å². The Labute approximate surface area is 487 Å². The molecule has 8 amide bonds. The summed E-state index contributed by atoms with van der Waals surface area (Å²) in [6.07, 6.45) is 4.33. The lowest BCUT2D eigenvalue weighted by atomic mass is 9.95. The van der Waals surface area contributed by atoms with E-state index in [2.05, 4.69) is 67.9 Å². The summed E-state index contributed by atoms with van der Waals surface area (Å²) in [5.74, 6) is -1.21. The van der Waals surface area contributed by atoms with Gasteiger partial charge in [-0.3, -0.25) is 24.5 Å². The number of aliphatic imine (C=N–C) groups is 1. The molecule has 3 atom stereocenters. The molecular formula is C64H69ClN8O10. The van der Waals surface area contributed by atoms with Crippen LogP contribution in [0.15, 0.2) is 138 Å². The molecule has 2 aliphatic rings. The quantitative estimate of drug-likeness (QED) is 0.0137. The maximum absolute atomic E-state index is 13.9. The lowest BCUT2D eigenvalue weighted by Gasteiger charge is -2.25. The molecule has 6 N–H and O–H groups in total. The highest BCUT2D eigenvalue weighted by atomic mass is 35.5. The first-order valence-corrected chi connectivity index (χ1v) is 28.3. The van der Waals surface area contributed by atoms with Gasteiger partial charge >= 0.3 is 18.2 Å². The molecule has 0 saturated heterocycles. The van der Waals surface area contributed by atoms with Gasteiger partial charge in [-0.05, 0) is 119 Å². The minimum Gasteiger partial charge on any atom is -0.497 e. The van der Waals surface area contributed by atoms with Gasteiger partial charge < -0.3 is 45.7 Å². The maximum atomic E-state index is 13.9. The van der Waals surface area contributed by atoms with E-state index < -0.39 is 42.1 Å². The number of halogens is 1. The number of nitrogens with one attached hydrogen (secondary N) is 6. The first-order chi connectivity index (χ1) is 40.2. The number of benzene rings is 6. The second-order valence-electron chi connectivity index (χ2n) is 20.6. The zero-order chi connectivity index (χ0) is 58.8. The van der Waals surface area contributed by atoms with Crippen LogP contribution in [-0.2, 0) is 35.3 Å². The van der Waals surface area contributed by atoms with Gasteiger partial charge in [0.05, 0.1) is 18.5 Å². The molecule has 0 aromatic heterocycles. The number of ether oxygens (including phenoxy) is 3. The van der Waals surface area contributed by atoms with Crippen LogP contribution in [-0.4, -0.2) is 99.9 Å². The molecule has 8 rings (SSSR count). The zero-order valence-electron chi connectivity index (χ0n) is 46.7. The van der Waals surface area contributed by atoms with E-state index in [1.807, 2.05) is 72.8 Å². The van der Waals surface area contributed by atoms with Crippen LogP contribution in [0.1, 0.15) is 92.0 Å². The Morgan fingerprint density at radius 2 is 1.41 bits per heavy atom. The van der Waals surface area contributed by atoms with E-state index >= 15 is 0 Å². The molecule has 83 heavy (non-hydrogen) atoms. The molecule has 0 radical (unpaired) electrons. The van der Waals surface area contributed by atoms with Gasteiger partial charge in [0.1, 0.15) is 31.0 Å². The maximum Gasteiger partial charge on any atom is 0.411 e. The van der Waals surface area contributed by atoms with Gasteiger partial charge in [0, 0.05) is 60.9 Å². The molecule has 19 heteroatoms. The summed E-state index contributed by atoms with van der Waals surface area (Å²) in [5.41, 5.74) is 8.39. The number of nitrogens with zero attached hydrogens (tertiary/aromatic N) is 2. The number of urea groups is 1. The SMILES string of the molecule is C=NC(=O)NCCCC(NC(=O)C(NC(=O)CCCCCNC(=O)OCC1c2ccccc2-c2ccccc21)C(C)C)C(=O)Nc1ccc(COC(=O)Nc2cc3c(c4ccccc24)C(CCl)CN3C(=O)/C=C/c2ccc(OC)cc2)cc1. The molecule has 0 fully saturated rings. The summed E-state index contributed by atoms with van der Waals surface area (Å²) in [7, 11) is 1.59. The molecule has 0 saturated carbocycles. The number of methoxy groups -OCH3 is 1. The van der Waals surface area contributed by atoms with Crippen molar-refractivity contribution in [3.05, 3.63) is 161 Å². The van der Waals surface area contributed by atoms with Crippen molar-refractivity contribution < 1.29 is 47.8 Å². The zero-order valence-corrected chi connectivity index (χ0v) is 47.5. The second-order valence-corrected chi connectivity index (χ2v) is 21.0. The Hall–Kier alpha value is -9.03. The molecule has 432 valence electrons. The van der Waals surface area contributed by atoms with Crippen molar-refractivity contribution in [2.75, 3.05) is 54.8 Å². The average Bonchev–Trinajstić information content (AvgIpc) is 4.23. The average molecular weight is 1150 g/mol. The molecule has 18 nitrogen and oxygen atoms in total. The number of hydrogen-bond acceptors (Lipinski definition) is 10. The van der Waals surface area contributed by atoms with Crippen molar-refractivity contribution in [1.29, 1.82) is 0 Å². The third-order valence-corrected chi connectivity index (χ3v) is 15.0. The van der Waals surface area contributed by atoms with Crippen molar-refractivity contribution in [2.45, 2.75) is 82.9 Å². The largest absolute Gasteiger partial charge is 0.497 e. The Kier molecular flexibility index (Phi) is 21.1. The van der Waals surface area contributed by atoms with Crippen LogP contribution in [0.5, 0.6) is 5.75 Å². The third-order valence-electron chi connectivity index (χ3n) is 14.7. The highest BCUT2D eigenvalue weighted by Gasteiger charge is 2.35. The number of hydrogen-bond donors (Lipinski definition) is 6. The van der Waals surface area contributed by atoms with Crippen LogP contribution >= 0.6 is 11.6 Å². The fourth-order valence-corrected chi connectivity index (χ4v) is 10.6. The van der Waals surface area contributed by atoms with E-state index in [4.69, 9.17) is 25.8 Å². The smallest absolute Gasteiger partial charge is 0.411 e. The molecule has 0 spiro atoms. The molecule has 1 aliphatic heterocycles. The minimum atomic E-state index is -1.07. The lowest BCUT2D eigenvalue weighted by molar-refractivity contribution is -0.132. The van der Waals surface area contributed by atoms with Gasteiger partial charge in [-0.2, -0.15) is 0 Å². The van der Waals surface area contributed by atoms with E-state index in [1.165, 1.54) is 6.08 Å². The number of carbonyl (C=O) groups excluding carboxylic acids is 7. The number of rotatable bonds is 25. The number of anilines is 3. The highest BCUT2D eigenvalue weighted by molar-refractivity contribution is 6.19. The number of alkyl halides is 1. The monoisotopic (exact) mass is 1140 g/mol. The fourth-order valence-electron chi connectivity index (χ4n) is 10.4. The van der Waals surface area contributed by atoms with Crippen LogP contribution in [0.3, 0.4) is 0 Å². The van der Waals surface area contributed by atoms with Crippen molar-refractivity contribution in [1.82, 2.24) is 21.3 Å². The summed E-state index contributed by atoms with van der Waals surface area (Å²) in [4.78, 5) is 97.4. The van der Waals surface area contributed by atoms with E-state index in [0.29, 0.717) is 67.1 Å². The van der Waals surface area contributed by atoms with Gasteiger partial charge in [-0.1, -0.05) is 117 Å². The third kappa shape index (κ3) is 15.7. The van der Waals surface area contributed by atoms with Crippen molar-refractivity contribution >= 4 is 94.1 Å². The van der Waals surface area contributed by atoms with E-state index in [-0.39, 0.29) is 68.0 Å². The summed E-state index contributed by atoms with van der Waals surface area (Å²) in [5, 5.41) is 18.3. The van der Waals surface area contributed by atoms with Crippen molar-refractivity contribution in [3.63, 3.8) is 0 Å². The first-order valence-electron chi connectivity index (χ1n) is 27.8. The Morgan fingerprint density at radius 1 is 0.735 bits per heavy atom. The van der Waals surface area contributed by atoms with Gasteiger partial charge in [0.2, 0.25) is 17.7 Å². The number of carbonyl (C=O) groups is 7. The molecule has 1 heterocycles. The second kappa shape index (κ2) is 29.1. The van der Waals surface area contributed by atoms with Gasteiger partial charge in [0.25, 0.3) is 5.91 Å². The molecule has 1 aliphatic carbocycles. The molecule has 0 bridgehead atoms. The van der Waals surface area contributed by atoms with Gasteiger partial charge in [0.15, 0.2) is 0 Å². The number of fused-ring (bicyclic) bond motifs is 6. The fraction of sp³-hybridized carbons (Fsp3) is 0.312. The molecule has 6 aromatic carbocycles. The van der Waals surface area contributed by atoms with Gasteiger partial charge in [-0.15, -0.1) is 11.6 Å². The number of unbranched alkanes of at least 4 members (excludes halogenated alkanes) is 2. The summed E-state index contributed by atoms with van der Waals surface area (Å²) in [6.45, 7) is 7.78. The van der Waals surface area contributed by atoms with Crippen LogP contribution in [0, 0.1) is 5.92 Å². The molecule has 6 aromatic rings. The summed E-state index contributed by atoms with van der Waals surface area (Å²) < 4.78 is 16.5. The van der Waals surface area contributed by atoms with E-state index in [9.17, 15) is 33.6 Å². The van der Waals surface area contributed by atoms with Crippen molar-refractivity contribution in [3.8, 4) is 16.9 Å². The van der Waals surface area contributed by atoms with Crippen LogP contribution in [0.25, 0.3) is 28.0 Å². The number of amides is 8. The van der Waals surface area contributed by atoms with E-state index in [0.717, 1.165) is 44.2 Å². The number of alkyl carbamates (subject to hydrolysis) is 1.